The van der Waals surface area contributed by atoms with Crippen LogP contribution in [0.4, 0.5) is 0 Å². The fraction of sp³-hybridized carbons (Fsp3) is 0. The zero-order chi connectivity index (χ0) is 9.97. The van der Waals surface area contributed by atoms with Crippen LogP contribution in [-0.4, -0.2) is 21.2 Å². The number of aromatic nitrogens is 2. The van der Waals surface area contributed by atoms with Gasteiger partial charge in [0, 0.05) is 18.0 Å². The standard InChI is InChI=1S/C9H4N2O3/c12-9(13)7-5-10-3-1-6(7)8-2-4-11-14-8/h1,3,5H,(H,12,13). The fourth-order valence-electron chi connectivity index (χ4n) is 1.04. The molecule has 68 valence electrons. The molecule has 0 unspecified atom stereocenters. The van der Waals surface area contributed by atoms with E-state index in [0.717, 1.165) is 0 Å². The van der Waals surface area contributed by atoms with Gasteiger partial charge in [-0.1, -0.05) is 5.16 Å². The Hall–Kier alpha value is -2.17. The first-order chi connectivity index (χ1) is 6.79. The highest BCUT2D eigenvalue weighted by Gasteiger charge is 2.13. The van der Waals surface area contributed by atoms with Crippen LogP contribution in [0.25, 0.3) is 11.3 Å². The Labute approximate surface area is 79.0 Å². The zero-order valence-electron chi connectivity index (χ0n) is 6.89. The largest absolute Gasteiger partial charge is 0.478 e. The normalized spacial score (nSPS) is 10.0. The molecule has 0 aliphatic rings. The maximum atomic E-state index is 10.8. The molecule has 0 saturated carbocycles. The number of hydrogen-bond donors (Lipinski definition) is 1. The third-order valence-corrected chi connectivity index (χ3v) is 1.65. The van der Waals surface area contributed by atoms with Crippen molar-refractivity contribution in [1.82, 2.24) is 10.1 Å². The summed E-state index contributed by atoms with van der Waals surface area (Å²) < 4.78 is 4.76. The molecule has 2 aromatic rings. The predicted octanol–water partition coefficient (Wildman–Crippen LogP) is 1.04. The van der Waals surface area contributed by atoms with Gasteiger partial charge in [-0.25, -0.2) is 4.79 Å². The van der Waals surface area contributed by atoms with Crippen LogP contribution in [0.1, 0.15) is 10.4 Å². The third-order valence-electron chi connectivity index (χ3n) is 1.65. The second-order valence-electron chi connectivity index (χ2n) is 2.47. The molecule has 2 radical (unpaired) electrons. The molecule has 2 rings (SSSR count). The number of nitrogens with zero attached hydrogens (tertiary/aromatic N) is 2. The Kier molecular flexibility index (Phi) is 1.98. The zero-order valence-corrected chi connectivity index (χ0v) is 6.89. The molecule has 0 spiro atoms. The molecule has 0 fully saturated rings. The van der Waals surface area contributed by atoms with E-state index in [9.17, 15) is 4.79 Å². The highest BCUT2D eigenvalue weighted by molar-refractivity contribution is 5.94. The molecule has 0 bridgehead atoms. The second-order valence-corrected chi connectivity index (χ2v) is 2.47. The summed E-state index contributed by atoms with van der Waals surface area (Å²) in [5, 5.41) is 12.2. The van der Waals surface area contributed by atoms with Crippen LogP contribution in [0.5, 0.6) is 0 Å². The maximum absolute atomic E-state index is 10.8. The number of carboxylic acid groups (broad SMARTS) is 1. The van der Waals surface area contributed by atoms with E-state index in [2.05, 4.69) is 22.4 Å². The minimum atomic E-state index is -1.07. The number of carboxylic acids is 1. The van der Waals surface area contributed by atoms with Crippen molar-refractivity contribution in [3.8, 4) is 11.3 Å². The lowest BCUT2D eigenvalue weighted by atomic mass is 10.1. The van der Waals surface area contributed by atoms with Gasteiger partial charge < -0.3 is 9.63 Å². The van der Waals surface area contributed by atoms with Gasteiger partial charge in [-0.15, -0.1) is 0 Å². The van der Waals surface area contributed by atoms with Gasteiger partial charge >= 0.3 is 5.97 Å². The Morgan fingerprint density at radius 2 is 2.43 bits per heavy atom. The number of aromatic carboxylic acids is 1. The van der Waals surface area contributed by atoms with Gasteiger partial charge in [0.25, 0.3) is 0 Å². The molecule has 1 N–H and O–H groups in total. The number of carbonyl (C=O) groups is 1. The van der Waals surface area contributed by atoms with Gasteiger partial charge in [-0.3, -0.25) is 4.98 Å². The minimum Gasteiger partial charge on any atom is -0.478 e. The molecule has 0 aliphatic carbocycles. The highest BCUT2D eigenvalue weighted by Crippen LogP contribution is 2.21. The summed E-state index contributed by atoms with van der Waals surface area (Å²) in [6.45, 7) is 0. The lowest BCUT2D eigenvalue weighted by molar-refractivity contribution is 0.0697. The number of rotatable bonds is 2. The van der Waals surface area contributed by atoms with E-state index in [1.165, 1.54) is 18.5 Å². The molecule has 5 heteroatoms. The van der Waals surface area contributed by atoms with Crippen molar-refractivity contribution in [2.75, 3.05) is 0 Å². The van der Waals surface area contributed by atoms with Gasteiger partial charge in [0.05, 0.1) is 11.6 Å². The monoisotopic (exact) mass is 188 g/mol. The van der Waals surface area contributed by atoms with Crippen LogP contribution in [0.15, 0.2) is 23.0 Å². The van der Waals surface area contributed by atoms with Crippen molar-refractivity contribution in [2.45, 2.75) is 0 Å². The summed E-state index contributed by atoms with van der Waals surface area (Å²) in [7, 11) is 0. The van der Waals surface area contributed by atoms with Gasteiger partial charge in [-0.2, -0.15) is 0 Å². The van der Waals surface area contributed by atoms with Crippen LogP contribution in [0.2, 0.25) is 0 Å². The predicted molar refractivity (Wildman–Crippen MR) is 44.4 cm³/mol. The molecular formula is C9H4N2O3. The minimum absolute atomic E-state index is 0.0499. The molecule has 0 amide bonds. The van der Waals surface area contributed by atoms with Crippen molar-refractivity contribution in [1.29, 1.82) is 0 Å². The van der Waals surface area contributed by atoms with E-state index in [-0.39, 0.29) is 11.3 Å². The first-order valence-electron chi connectivity index (χ1n) is 3.72. The van der Waals surface area contributed by atoms with Gasteiger partial charge in [0.1, 0.15) is 6.20 Å². The maximum Gasteiger partial charge on any atom is 0.338 e. The molecule has 0 aliphatic heterocycles. The van der Waals surface area contributed by atoms with E-state index in [1.54, 1.807) is 0 Å². The smallest absolute Gasteiger partial charge is 0.338 e. The van der Waals surface area contributed by atoms with Gasteiger partial charge in [-0.05, 0) is 6.07 Å². The van der Waals surface area contributed by atoms with Crippen LogP contribution >= 0.6 is 0 Å². The molecule has 0 saturated heterocycles. The summed E-state index contributed by atoms with van der Waals surface area (Å²) >= 11 is 0. The molecule has 0 aromatic carbocycles. The first-order valence-corrected chi connectivity index (χ1v) is 3.72. The Bertz CT molecular complexity index is 451. The van der Waals surface area contributed by atoms with Crippen LogP contribution in [0, 0.1) is 12.3 Å². The number of hydrogen-bond acceptors (Lipinski definition) is 4. The lowest BCUT2D eigenvalue weighted by Gasteiger charge is -1.99. The molecule has 0 atom stereocenters. The van der Waals surface area contributed by atoms with Crippen LogP contribution < -0.4 is 0 Å². The van der Waals surface area contributed by atoms with Gasteiger partial charge in [0.15, 0.2) is 5.76 Å². The van der Waals surface area contributed by atoms with E-state index >= 15 is 0 Å². The summed E-state index contributed by atoms with van der Waals surface area (Å²) in [6, 6.07) is 4.08. The second kappa shape index (κ2) is 3.29. The summed E-state index contributed by atoms with van der Waals surface area (Å²) in [6.07, 6.45) is 5.05. The average Bonchev–Trinajstić information content (AvgIpc) is 2.70. The van der Waals surface area contributed by atoms with Crippen molar-refractivity contribution in [2.24, 2.45) is 0 Å². The number of pyridine rings is 1. The first kappa shape index (κ1) is 8.43. The molecule has 2 heterocycles. The molecule has 14 heavy (non-hydrogen) atoms. The quantitative estimate of drug-likeness (QED) is 0.761. The van der Waals surface area contributed by atoms with Crippen LogP contribution in [-0.2, 0) is 0 Å². The van der Waals surface area contributed by atoms with E-state index < -0.39 is 5.97 Å². The van der Waals surface area contributed by atoms with Gasteiger partial charge in [0.2, 0.25) is 0 Å². The van der Waals surface area contributed by atoms with Crippen molar-refractivity contribution < 1.29 is 14.4 Å². The highest BCUT2D eigenvalue weighted by atomic mass is 16.5. The van der Waals surface area contributed by atoms with E-state index in [1.807, 2.05) is 0 Å². The van der Waals surface area contributed by atoms with Crippen molar-refractivity contribution in [3.05, 3.63) is 36.3 Å². The molecule has 5 nitrogen and oxygen atoms in total. The third kappa shape index (κ3) is 1.35. The van der Waals surface area contributed by atoms with Crippen molar-refractivity contribution >= 4 is 5.97 Å². The Morgan fingerprint density at radius 1 is 1.57 bits per heavy atom. The lowest BCUT2D eigenvalue weighted by Crippen LogP contribution is -1.99. The molecule has 2 aromatic heterocycles. The van der Waals surface area contributed by atoms with E-state index in [4.69, 9.17) is 9.63 Å². The average molecular weight is 188 g/mol. The Morgan fingerprint density at radius 3 is 3.07 bits per heavy atom. The SMILES string of the molecule is O=C(O)c1cnccc1-c1[c][c]no1. The van der Waals surface area contributed by atoms with E-state index in [0.29, 0.717) is 5.56 Å². The van der Waals surface area contributed by atoms with Crippen molar-refractivity contribution in [3.63, 3.8) is 0 Å². The Balaban J connectivity index is 2.58. The fourth-order valence-corrected chi connectivity index (χ4v) is 1.04. The molecular weight excluding hydrogens is 184 g/mol. The van der Waals surface area contributed by atoms with Crippen LogP contribution in [0.3, 0.4) is 0 Å². The summed E-state index contributed by atoms with van der Waals surface area (Å²) in [4.78, 5) is 14.5. The topological polar surface area (TPSA) is 76.2 Å². The summed E-state index contributed by atoms with van der Waals surface area (Å²) in [5.74, 6) is -0.831. The summed E-state index contributed by atoms with van der Waals surface area (Å²) in [5.41, 5.74) is 0.440.